The molecule has 2 rings (SSSR count). The molecule has 11 heavy (non-hydrogen) atoms. The van der Waals surface area contributed by atoms with E-state index in [9.17, 15) is 8.42 Å². The molecule has 0 aromatic rings. The minimum Gasteiger partial charge on any atom is -0.380 e. The summed E-state index contributed by atoms with van der Waals surface area (Å²) in [7, 11) is -3.44. The first kappa shape index (κ1) is 7.48. The molecule has 2 aliphatic heterocycles. The maximum atomic E-state index is 10.7. The Morgan fingerprint density at radius 3 is 2.18 bits per heavy atom. The molecule has 1 spiro atoms. The predicted molar refractivity (Wildman–Crippen MR) is 37.9 cm³/mol. The Morgan fingerprint density at radius 2 is 1.91 bits per heavy atom. The lowest BCUT2D eigenvalue weighted by Gasteiger charge is -2.53. The molecule has 0 atom stereocenters. The average molecular weight is 178 g/mol. The third-order valence-corrected chi connectivity index (χ3v) is 3.18. The van der Waals surface area contributed by atoms with Crippen LogP contribution in [0.1, 0.15) is 0 Å². The fourth-order valence-corrected chi connectivity index (χ4v) is 2.36. The fraction of sp³-hybridized carbons (Fsp3) is 1.00. The summed E-state index contributed by atoms with van der Waals surface area (Å²) in [4.78, 5) is 0. The van der Waals surface area contributed by atoms with Crippen LogP contribution in [-0.2, 0) is 14.9 Å². The molecule has 0 saturated carbocycles. The van der Waals surface area contributed by atoms with E-state index >= 15 is 0 Å². The van der Waals surface area contributed by atoms with E-state index in [2.05, 4.69) is 0 Å². The van der Waals surface area contributed by atoms with Crippen LogP contribution in [0.15, 0.2) is 0 Å². The summed E-state index contributed by atoms with van der Waals surface area (Å²) in [6.07, 6.45) is 0. The van der Waals surface area contributed by atoms with E-state index in [-0.39, 0.29) is 5.41 Å². The Kier molecular flexibility index (Phi) is 1.32. The van der Waals surface area contributed by atoms with Crippen LogP contribution < -0.4 is 5.14 Å². The smallest absolute Gasteiger partial charge is 0.276 e. The summed E-state index contributed by atoms with van der Waals surface area (Å²) in [5, 5.41) is 4.90. The van der Waals surface area contributed by atoms with Crippen LogP contribution in [0.2, 0.25) is 0 Å². The first-order valence-electron chi connectivity index (χ1n) is 3.38. The highest BCUT2D eigenvalue weighted by Crippen LogP contribution is 2.38. The predicted octanol–water partition coefficient (Wildman–Crippen LogP) is -1.48. The molecular weight excluding hydrogens is 168 g/mol. The Labute approximate surface area is 65.3 Å². The largest absolute Gasteiger partial charge is 0.380 e. The molecule has 0 bridgehead atoms. The molecule has 0 amide bonds. The summed E-state index contributed by atoms with van der Waals surface area (Å²) in [5.74, 6) is 0. The fourth-order valence-electron chi connectivity index (χ4n) is 1.46. The van der Waals surface area contributed by atoms with Gasteiger partial charge in [-0.2, -0.15) is 12.7 Å². The van der Waals surface area contributed by atoms with Crippen LogP contribution >= 0.6 is 0 Å². The van der Waals surface area contributed by atoms with Crippen molar-refractivity contribution in [2.45, 2.75) is 0 Å². The lowest BCUT2D eigenvalue weighted by Crippen LogP contribution is -2.67. The minimum atomic E-state index is -3.44. The van der Waals surface area contributed by atoms with E-state index in [4.69, 9.17) is 9.88 Å². The van der Waals surface area contributed by atoms with Crippen molar-refractivity contribution in [3.8, 4) is 0 Å². The second-order valence-corrected chi connectivity index (χ2v) is 4.85. The van der Waals surface area contributed by atoms with Gasteiger partial charge in [-0.15, -0.1) is 0 Å². The highest BCUT2D eigenvalue weighted by atomic mass is 32.2. The van der Waals surface area contributed by atoms with Gasteiger partial charge in [-0.1, -0.05) is 0 Å². The molecule has 2 N–H and O–H groups in total. The van der Waals surface area contributed by atoms with Crippen LogP contribution in [0.25, 0.3) is 0 Å². The second kappa shape index (κ2) is 1.95. The lowest BCUT2D eigenvalue weighted by atomic mass is 9.80. The third kappa shape index (κ3) is 1.06. The molecule has 0 aromatic heterocycles. The van der Waals surface area contributed by atoms with Crippen molar-refractivity contribution < 1.29 is 13.2 Å². The topological polar surface area (TPSA) is 72.6 Å². The van der Waals surface area contributed by atoms with Crippen molar-refractivity contribution in [3.05, 3.63) is 0 Å². The molecule has 0 aliphatic carbocycles. The van der Waals surface area contributed by atoms with Crippen molar-refractivity contribution >= 4 is 10.2 Å². The molecule has 2 saturated heterocycles. The maximum absolute atomic E-state index is 10.7. The van der Waals surface area contributed by atoms with Gasteiger partial charge in [0.15, 0.2) is 0 Å². The van der Waals surface area contributed by atoms with Gasteiger partial charge < -0.3 is 4.74 Å². The number of rotatable bonds is 1. The monoisotopic (exact) mass is 178 g/mol. The van der Waals surface area contributed by atoms with Crippen molar-refractivity contribution in [3.63, 3.8) is 0 Å². The van der Waals surface area contributed by atoms with Crippen molar-refractivity contribution in [2.75, 3.05) is 26.3 Å². The standard InChI is InChI=1S/C5H10N2O3S/c6-11(8,9)7-1-5(2-7)3-10-4-5/h1-4H2,(H2,6,8,9). The Hall–Kier alpha value is -0.170. The van der Waals surface area contributed by atoms with E-state index in [0.717, 1.165) is 0 Å². The normalized spacial score (nSPS) is 29.5. The van der Waals surface area contributed by atoms with Gasteiger partial charge in [0.2, 0.25) is 0 Å². The minimum absolute atomic E-state index is 0.117. The zero-order chi connectivity index (χ0) is 8.11. The van der Waals surface area contributed by atoms with E-state index in [0.29, 0.717) is 26.3 Å². The number of hydrogen-bond donors (Lipinski definition) is 1. The number of hydrogen-bond acceptors (Lipinski definition) is 3. The molecule has 0 aromatic carbocycles. The first-order valence-corrected chi connectivity index (χ1v) is 4.88. The van der Waals surface area contributed by atoms with Crippen LogP contribution in [0.3, 0.4) is 0 Å². The van der Waals surface area contributed by atoms with Crippen LogP contribution in [0.4, 0.5) is 0 Å². The molecular formula is C5H10N2O3S. The zero-order valence-electron chi connectivity index (χ0n) is 5.99. The number of ether oxygens (including phenoxy) is 1. The Bertz CT molecular complexity index is 261. The van der Waals surface area contributed by atoms with Gasteiger partial charge in [0, 0.05) is 18.5 Å². The van der Waals surface area contributed by atoms with Gasteiger partial charge in [0.05, 0.1) is 13.2 Å². The van der Waals surface area contributed by atoms with Gasteiger partial charge in [0.25, 0.3) is 10.2 Å². The highest BCUT2D eigenvalue weighted by molar-refractivity contribution is 7.86. The number of nitrogens with two attached hydrogens (primary N) is 1. The lowest BCUT2D eigenvalue weighted by molar-refractivity contribution is -0.166. The average Bonchev–Trinajstić information content (AvgIpc) is 1.49. The Morgan fingerprint density at radius 1 is 1.36 bits per heavy atom. The summed E-state index contributed by atoms with van der Waals surface area (Å²) >= 11 is 0. The van der Waals surface area contributed by atoms with Crippen molar-refractivity contribution in [1.82, 2.24) is 4.31 Å². The quantitative estimate of drug-likeness (QED) is 0.532. The van der Waals surface area contributed by atoms with Gasteiger partial charge in [-0.3, -0.25) is 0 Å². The van der Waals surface area contributed by atoms with Gasteiger partial charge in [0.1, 0.15) is 0 Å². The molecule has 5 nitrogen and oxygen atoms in total. The summed E-state index contributed by atoms with van der Waals surface area (Å²) in [5.41, 5.74) is 0.117. The molecule has 6 heteroatoms. The molecule has 64 valence electrons. The molecule has 2 heterocycles. The van der Waals surface area contributed by atoms with Crippen LogP contribution in [0, 0.1) is 5.41 Å². The summed E-state index contributed by atoms with van der Waals surface area (Å²) in [6, 6.07) is 0. The van der Waals surface area contributed by atoms with E-state index in [1.807, 2.05) is 0 Å². The molecule has 0 unspecified atom stereocenters. The summed E-state index contributed by atoms with van der Waals surface area (Å²) < 4.78 is 27.7. The van der Waals surface area contributed by atoms with Crippen LogP contribution in [-0.4, -0.2) is 39.0 Å². The Balaban J connectivity index is 1.98. The number of nitrogens with zero attached hydrogens (tertiary/aromatic N) is 1. The molecule has 0 radical (unpaired) electrons. The van der Waals surface area contributed by atoms with Gasteiger partial charge >= 0.3 is 0 Å². The van der Waals surface area contributed by atoms with E-state index in [1.165, 1.54) is 4.31 Å². The van der Waals surface area contributed by atoms with E-state index < -0.39 is 10.2 Å². The van der Waals surface area contributed by atoms with Gasteiger partial charge in [-0.05, 0) is 0 Å². The second-order valence-electron chi connectivity index (χ2n) is 3.31. The SMILES string of the molecule is NS(=O)(=O)N1CC2(COC2)C1. The maximum Gasteiger partial charge on any atom is 0.276 e. The molecule has 2 fully saturated rings. The molecule has 2 aliphatic rings. The summed E-state index contributed by atoms with van der Waals surface area (Å²) in [6.45, 7) is 2.43. The highest BCUT2D eigenvalue weighted by Gasteiger charge is 2.52. The van der Waals surface area contributed by atoms with E-state index in [1.54, 1.807) is 0 Å². The van der Waals surface area contributed by atoms with Crippen molar-refractivity contribution in [1.29, 1.82) is 0 Å². The van der Waals surface area contributed by atoms with Crippen molar-refractivity contribution in [2.24, 2.45) is 10.6 Å². The van der Waals surface area contributed by atoms with Crippen LogP contribution in [0.5, 0.6) is 0 Å². The third-order valence-electron chi connectivity index (χ3n) is 2.20. The van der Waals surface area contributed by atoms with Gasteiger partial charge in [-0.25, -0.2) is 5.14 Å². The first-order chi connectivity index (χ1) is 5.02. The zero-order valence-corrected chi connectivity index (χ0v) is 6.80.